The molecule has 0 spiro atoms. The van der Waals surface area contributed by atoms with Crippen LogP contribution in [0.15, 0.2) is 60.7 Å². The zero-order valence-electron chi connectivity index (χ0n) is 25.8. The average molecular weight is 649 g/mol. The summed E-state index contributed by atoms with van der Waals surface area (Å²) < 4.78 is 20.5. The zero-order valence-corrected chi connectivity index (χ0v) is 26.5. The van der Waals surface area contributed by atoms with Crippen LogP contribution in [0.4, 0.5) is 20.6 Å². The molecule has 3 amide bonds. The lowest BCUT2D eigenvalue weighted by atomic mass is 9.88. The molecule has 6 rings (SSSR count). The number of amides is 3. The van der Waals surface area contributed by atoms with E-state index in [9.17, 15) is 23.9 Å². The molecule has 3 aromatic carbocycles. The number of urea groups is 1. The predicted octanol–water partition coefficient (Wildman–Crippen LogP) is 6.33. The van der Waals surface area contributed by atoms with Crippen molar-refractivity contribution in [3.8, 4) is 0 Å². The Kier molecular flexibility index (Phi) is 9.47. The molecule has 0 radical (unpaired) electrons. The van der Waals surface area contributed by atoms with E-state index in [0.717, 1.165) is 49.2 Å². The van der Waals surface area contributed by atoms with Crippen LogP contribution >= 0.6 is 11.6 Å². The molecule has 0 aliphatic carbocycles. The van der Waals surface area contributed by atoms with Gasteiger partial charge in [-0.3, -0.25) is 4.79 Å². The zero-order chi connectivity index (χ0) is 32.4. The predicted molar refractivity (Wildman–Crippen MR) is 174 cm³/mol. The Morgan fingerprint density at radius 3 is 2.37 bits per heavy atom. The maximum absolute atomic E-state index is 15.0. The smallest absolute Gasteiger partial charge is 0.335 e. The summed E-state index contributed by atoms with van der Waals surface area (Å²) in [5, 5.41) is 12.3. The summed E-state index contributed by atoms with van der Waals surface area (Å²) >= 11 is 6.08. The molecule has 46 heavy (non-hydrogen) atoms. The number of nitrogens with one attached hydrogen (secondary N) is 1. The van der Waals surface area contributed by atoms with Gasteiger partial charge >= 0.3 is 12.0 Å². The Morgan fingerprint density at radius 1 is 0.935 bits per heavy atom. The monoisotopic (exact) mass is 648 g/mol. The Hall–Kier alpha value is -4.15. The molecule has 2 unspecified atom stereocenters. The van der Waals surface area contributed by atoms with Crippen LogP contribution in [0.5, 0.6) is 0 Å². The van der Waals surface area contributed by atoms with Gasteiger partial charge in [-0.2, -0.15) is 0 Å². The number of aromatic carboxylic acids is 1. The molecular formula is C35H38ClFN4O5. The molecule has 2 saturated heterocycles. The lowest BCUT2D eigenvalue weighted by molar-refractivity contribution is -0.121. The standard InChI is InChI=1S/C35H38ClFN4O5/c1-46-25-14-18-39(19-15-25)30-9-3-7-28-27(30)16-20-41(32(28)33(42)38-24-12-10-22(11-13-24)34(43)44)35(45)40-17-4-5-23(21-40)26-6-2-8-29(36)31(26)37/h2-3,6-13,23,25,32H,4-5,14-21H2,1H3,(H,38,42)(H,43,44). The van der Waals surface area contributed by atoms with Gasteiger partial charge in [0, 0.05) is 57.1 Å². The quantitative estimate of drug-likeness (QED) is 0.324. The summed E-state index contributed by atoms with van der Waals surface area (Å²) in [5.41, 5.74) is 3.91. The third kappa shape index (κ3) is 6.41. The topological polar surface area (TPSA) is 102 Å². The number of benzene rings is 3. The minimum absolute atomic E-state index is 0.0592. The summed E-state index contributed by atoms with van der Waals surface area (Å²) in [6.07, 6.45) is 4.04. The number of ether oxygens (including phenoxy) is 1. The van der Waals surface area contributed by atoms with Crippen molar-refractivity contribution in [3.63, 3.8) is 0 Å². The van der Waals surface area contributed by atoms with Gasteiger partial charge in [0.15, 0.2) is 0 Å². The molecule has 2 N–H and O–H groups in total. The van der Waals surface area contributed by atoms with E-state index in [2.05, 4.69) is 16.3 Å². The Labute approximate surface area is 272 Å². The number of carbonyl (C=O) groups is 3. The van der Waals surface area contributed by atoms with Crippen LogP contribution in [0, 0.1) is 5.82 Å². The number of nitrogens with zero attached hydrogens (tertiary/aromatic N) is 3. The van der Waals surface area contributed by atoms with Crippen molar-refractivity contribution in [2.45, 2.75) is 50.2 Å². The number of piperidine rings is 2. The van der Waals surface area contributed by atoms with E-state index < -0.39 is 17.8 Å². The Morgan fingerprint density at radius 2 is 1.65 bits per heavy atom. The van der Waals surface area contributed by atoms with E-state index in [1.165, 1.54) is 18.2 Å². The average Bonchev–Trinajstić information content (AvgIpc) is 3.08. The van der Waals surface area contributed by atoms with Crippen molar-refractivity contribution in [1.82, 2.24) is 9.80 Å². The number of carbonyl (C=O) groups excluding carboxylic acids is 2. The van der Waals surface area contributed by atoms with E-state index in [1.807, 2.05) is 12.1 Å². The molecule has 9 nitrogen and oxygen atoms in total. The molecule has 2 atom stereocenters. The number of anilines is 2. The Bertz CT molecular complexity index is 1610. The van der Waals surface area contributed by atoms with Crippen molar-refractivity contribution in [3.05, 3.63) is 93.8 Å². The van der Waals surface area contributed by atoms with Crippen molar-refractivity contribution in [2.75, 3.05) is 50.1 Å². The fraction of sp³-hybridized carbons (Fsp3) is 0.400. The SMILES string of the molecule is COC1CCN(c2cccc3c2CCN(C(=O)N2CCCC(c4cccc(Cl)c4F)C2)C3C(=O)Nc2ccc(C(=O)O)cc2)CC1. The van der Waals surface area contributed by atoms with Gasteiger partial charge in [-0.15, -0.1) is 0 Å². The van der Waals surface area contributed by atoms with Crippen molar-refractivity contribution in [1.29, 1.82) is 0 Å². The number of fused-ring (bicyclic) bond motifs is 1. The maximum Gasteiger partial charge on any atom is 0.335 e. The van der Waals surface area contributed by atoms with E-state index in [1.54, 1.807) is 41.2 Å². The number of methoxy groups -OCH3 is 1. The van der Waals surface area contributed by atoms with Gasteiger partial charge in [-0.1, -0.05) is 35.9 Å². The van der Waals surface area contributed by atoms with Crippen molar-refractivity contribution >= 4 is 40.9 Å². The van der Waals surface area contributed by atoms with Crippen LogP contribution in [0.2, 0.25) is 5.02 Å². The van der Waals surface area contributed by atoms with E-state index >= 15 is 0 Å². The van der Waals surface area contributed by atoms with Crippen LogP contribution < -0.4 is 10.2 Å². The maximum atomic E-state index is 15.0. The number of likely N-dealkylation sites (tertiary alicyclic amines) is 1. The van der Waals surface area contributed by atoms with Crippen LogP contribution in [0.1, 0.15) is 64.7 Å². The number of rotatable bonds is 6. The van der Waals surface area contributed by atoms with E-state index in [0.29, 0.717) is 43.7 Å². The molecule has 0 saturated carbocycles. The van der Waals surface area contributed by atoms with Gasteiger partial charge in [0.2, 0.25) is 0 Å². The first kappa shape index (κ1) is 31.8. The summed E-state index contributed by atoms with van der Waals surface area (Å²) in [6, 6.07) is 15.7. The van der Waals surface area contributed by atoms with Crippen molar-refractivity contribution < 1.29 is 28.6 Å². The molecule has 11 heteroatoms. The van der Waals surface area contributed by atoms with Gasteiger partial charge in [0.05, 0.1) is 16.7 Å². The van der Waals surface area contributed by atoms with Gasteiger partial charge in [0.1, 0.15) is 11.9 Å². The fourth-order valence-corrected chi connectivity index (χ4v) is 7.28. The largest absolute Gasteiger partial charge is 0.478 e. The van der Waals surface area contributed by atoms with E-state index in [-0.39, 0.29) is 34.5 Å². The first-order valence-electron chi connectivity index (χ1n) is 15.8. The minimum atomic E-state index is -1.06. The third-order valence-electron chi connectivity index (χ3n) is 9.52. The number of halogens is 2. The highest BCUT2D eigenvalue weighted by Crippen LogP contribution is 2.39. The number of carboxylic acids is 1. The molecule has 3 aliphatic rings. The van der Waals surface area contributed by atoms with Crippen LogP contribution in [-0.4, -0.2) is 78.8 Å². The molecule has 2 fully saturated rings. The molecule has 3 aromatic rings. The fourth-order valence-electron chi connectivity index (χ4n) is 7.10. The minimum Gasteiger partial charge on any atom is -0.478 e. The number of carboxylic acid groups (broad SMARTS) is 1. The molecule has 3 aliphatic heterocycles. The normalized spacial score (nSPS) is 20.3. The second-order valence-electron chi connectivity index (χ2n) is 12.2. The first-order chi connectivity index (χ1) is 22.2. The Balaban J connectivity index is 1.30. The van der Waals surface area contributed by atoms with Crippen LogP contribution in [0.25, 0.3) is 0 Å². The van der Waals surface area contributed by atoms with Gasteiger partial charge in [-0.25, -0.2) is 14.0 Å². The molecule has 0 aromatic heterocycles. The second-order valence-corrected chi connectivity index (χ2v) is 12.6. The third-order valence-corrected chi connectivity index (χ3v) is 9.81. The van der Waals surface area contributed by atoms with Crippen LogP contribution in [0.3, 0.4) is 0 Å². The number of hydrogen-bond acceptors (Lipinski definition) is 5. The van der Waals surface area contributed by atoms with Gasteiger partial charge in [-0.05, 0) is 85.2 Å². The summed E-state index contributed by atoms with van der Waals surface area (Å²) in [7, 11) is 1.74. The van der Waals surface area contributed by atoms with Gasteiger partial charge in [0.25, 0.3) is 5.91 Å². The molecule has 242 valence electrons. The van der Waals surface area contributed by atoms with Crippen LogP contribution in [-0.2, 0) is 16.0 Å². The highest BCUT2D eigenvalue weighted by molar-refractivity contribution is 6.30. The highest BCUT2D eigenvalue weighted by atomic mass is 35.5. The molecule has 0 bridgehead atoms. The van der Waals surface area contributed by atoms with E-state index in [4.69, 9.17) is 16.3 Å². The molecule has 3 heterocycles. The second kappa shape index (κ2) is 13.7. The lowest BCUT2D eigenvalue weighted by Gasteiger charge is -2.43. The highest BCUT2D eigenvalue weighted by Gasteiger charge is 2.40. The summed E-state index contributed by atoms with van der Waals surface area (Å²) in [4.78, 5) is 45.5. The molecular weight excluding hydrogens is 611 g/mol. The lowest BCUT2D eigenvalue weighted by Crippen LogP contribution is -2.53. The number of hydrogen-bond donors (Lipinski definition) is 2. The van der Waals surface area contributed by atoms with Gasteiger partial charge < -0.3 is 29.9 Å². The summed E-state index contributed by atoms with van der Waals surface area (Å²) in [6.45, 7) is 2.82. The van der Waals surface area contributed by atoms with Crippen molar-refractivity contribution in [2.24, 2.45) is 0 Å². The summed E-state index contributed by atoms with van der Waals surface area (Å²) in [5.74, 6) is -2.11. The first-order valence-corrected chi connectivity index (χ1v) is 16.2.